The molecule has 0 bridgehead atoms. The van der Waals surface area contributed by atoms with Crippen LogP contribution < -0.4 is 5.32 Å². The van der Waals surface area contributed by atoms with E-state index in [9.17, 15) is 9.59 Å². The molecule has 0 aliphatic heterocycles. The molecule has 2 heterocycles. The first-order valence-electron chi connectivity index (χ1n) is 4.65. The second-order valence-corrected chi connectivity index (χ2v) is 4.85. The summed E-state index contributed by atoms with van der Waals surface area (Å²) in [5.41, 5.74) is 0.611. The van der Waals surface area contributed by atoms with Crippen molar-refractivity contribution in [2.24, 2.45) is 0 Å². The Morgan fingerprint density at radius 3 is 2.82 bits per heavy atom. The van der Waals surface area contributed by atoms with Gasteiger partial charge in [-0.2, -0.15) is 11.3 Å². The molecule has 0 unspecified atom stereocenters. The number of carbonyl (C=O) groups excluding carboxylic acids is 1. The lowest BCUT2D eigenvalue weighted by atomic mass is 10.3. The number of carbonyl (C=O) groups is 2. The number of nitrogens with one attached hydrogen (secondary N) is 1. The van der Waals surface area contributed by atoms with Crippen molar-refractivity contribution in [1.82, 2.24) is 10.3 Å². The predicted octanol–water partition coefficient (Wildman–Crippen LogP) is 1.83. The van der Waals surface area contributed by atoms with Crippen molar-refractivity contribution in [3.8, 4) is 0 Å². The fourth-order valence-electron chi connectivity index (χ4n) is 1.14. The summed E-state index contributed by atoms with van der Waals surface area (Å²) in [6, 6.07) is 1.73. The van der Waals surface area contributed by atoms with Crippen LogP contribution >= 0.6 is 22.7 Å². The summed E-state index contributed by atoms with van der Waals surface area (Å²) >= 11 is 2.66. The van der Waals surface area contributed by atoms with Gasteiger partial charge in [-0.1, -0.05) is 0 Å². The summed E-state index contributed by atoms with van der Waals surface area (Å²) in [4.78, 5) is 26.0. The number of nitrogens with zero attached hydrogens (tertiary/aromatic N) is 1. The van der Waals surface area contributed by atoms with Crippen LogP contribution in [0.2, 0.25) is 0 Å². The molecule has 88 valence electrons. The minimum atomic E-state index is -1.06. The van der Waals surface area contributed by atoms with Gasteiger partial charge in [0, 0.05) is 16.3 Å². The van der Waals surface area contributed by atoms with E-state index in [0.29, 0.717) is 10.6 Å². The zero-order valence-corrected chi connectivity index (χ0v) is 10.2. The van der Waals surface area contributed by atoms with Crippen LogP contribution in [0.5, 0.6) is 0 Å². The molecular weight excluding hydrogens is 260 g/mol. The van der Waals surface area contributed by atoms with Gasteiger partial charge in [-0.25, -0.2) is 9.78 Å². The van der Waals surface area contributed by atoms with Gasteiger partial charge in [-0.05, 0) is 11.4 Å². The SMILES string of the molecule is O=C(NCc1nc(C(=O)O)cs1)c1ccsc1. The molecular formula is C10H8N2O3S2. The molecule has 0 aliphatic carbocycles. The Bertz CT molecular complexity index is 534. The van der Waals surface area contributed by atoms with E-state index in [1.54, 1.807) is 11.4 Å². The van der Waals surface area contributed by atoms with Crippen LogP contribution in [0.3, 0.4) is 0 Å². The number of thiophene rings is 1. The Kier molecular flexibility index (Phi) is 3.50. The number of carboxylic acid groups (broad SMARTS) is 1. The van der Waals surface area contributed by atoms with E-state index in [-0.39, 0.29) is 18.1 Å². The molecule has 17 heavy (non-hydrogen) atoms. The second kappa shape index (κ2) is 5.07. The van der Waals surface area contributed by atoms with E-state index >= 15 is 0 Å². The van der Waals surface area contributed by atoms with Crippen LogP contribution in [0.1, 0.15) is 25.9 Å². The standard InChI is InChI=1S/C10H8N2O3S2/c13-9(6-1-2-16-4-6)11-3-8-12-7(5-17-8)10(14)15/h1-2,4-5H,3H2,(H,11,13)(H,14,15). The monoisotopic (exact) mass is 268 g/mol. The van der Waals surface area contributed by atoms with E-state index in [2.05, 4.69) is 10.3 Å². The third-order valence-electron chi connectivity index (χ3n) is 1.95. The molecule has 0 saturated carbocycles. The van der Waals surface area contributed by atoms with Crippen LogP contribution in [0.15, 0.2) is 22.2 Å². The highest BCUT2D eigenvalue weighted by atomic mass is 32.1. The smallest absolute Gasteiger partial charge is 0.355 e. The van der Waals surface area contributed by atoms with Gasteiger partial charge >= 0.3 is 5.97 Å². The number of thiazole rings is 1. The molecule has 2 aromatic rings. The van der Waals surface area contributed by atoms with Crippen molar-refractivity contribution >= 4 is 34.6 Å². The van der Waals surface area contributed by atoms with Gasteiger partial charge < -0.3 is 10.4 Å². The van der Waals surface area contributed by atoms with Crippen LogP contribution in [0, 0.1) is 0 Å². The quantitative estimate of drug-likeness (QED) is 0.886. The third-order valence-corrected chi connectivity index (χ3v) is 3.49. The Morgan fingerprint density at radius 1 is 1.41 bits per heavy atom. The van der Waals surface area contributed by atoms with Gasteiger partial charge in [0.15, 0.2) is 5.69 Å². The number of hydrogen-bond donors (Lipinski definition) is 2. The lowest BCUT2D eigenvalue weighted by Gasteiger charge is -1.99. The first-order valence-corrected chi connectivity index (χ1v) is 6.47. The molecule has 7 heteroatoms. The number of carboxylic acids is 1. The van der Waals surface area contributed by atoms with Crippen LogP contribution in [0.4, 0.5) is 0 Å². The fourth-order valence-corrected chi connectivity index (χ4v) is 2.49. The van der Waals surface area contributed by atoms with Gasteiger partial charge in [0.1, 0.15) is 5.01 Å². The lowest BCUT2D eigenvalue weighted by molar-refractivity contribution is 0.0691. The summed E-state index contributed by atoms with van der Waals surface area (Å²) in [5.74, 6) is -1.24. The maximum Gasteiger partial charge on any atom is 0.355 e. The van der Waals surface area contributed by atoms with E-state index in [1.165, 1.54) is 28.1 Å². The Labute approximate surface area is 105 Å². The Hall–Kier alpha value is -1.73. The highest BCUT2D eigenvalue weighted by molar-refractivity contribution is 7.09. The molecule has 0 spiro atoms. The highest BCUT2D eigenvalue weighted by Gasteiger charge is 2.10. The van der Waals surface area contributed by atoms with Gasteiger partial charge in [-0.3, -0.25) is 4.79 Å². The molecule has 5 nitrogen and oxygen atoms in total. The number of rotatable bonds is 4. The molecule has 0 aliphatic rings. The fraction of sp³-hybridized carbons (Fsp3) is 0.100. The van der Waals surface area contributed by atoms with E-state index < -0.39 is 5.97 Å². The highest BCUT2D eigenvalue weighted by Crippen LogP contribution is 2.10. The zero-order chi connectivity index (χ0) is 12.3. The van der Waals surface area contributed by atoms with Crippen molar-refractivity contribution in [2.75, 3.05) is 0 Å². The van der Waals surface area contributed by atoms with Crippen molar-refractivity contribution in [3.05, 3.63) is 38.5 Å². The summed E-state index contributed by atoms with van der Waals surface area (Å²) in [6.07, 6.45) is 0. The van der Waals surface area contributed by atoms with Gasteiger partial charge in [0.05, 0.1) is 6.54 Å². The summed E-state index contributed by atoms with van der Waals surface area (Å²) in [6.45, 7) is 0.243. The maximum atomic E-state index is 11.6. The van der Waals surface area contributed by atoms with Gasteiger partial charge in [-0.15, -0.1) is 11.3 Å². The molecule has 0 saturated heterocycles. The van der Waals surface area contributed by atoms with Crippen molar-refractivity contribution in [3.63, 3.8) is 0 Å². The van der Waals surface area contributed by atoms with Gasteiger partial charge in [0.2, 0.25) is 0 Å². The lowest BCUT2D eigenvalue weighted by Crippen LogP contribution is -2.22. The van der Waals surface area contributed by atoms with Gasteiger partial charge in [0.25, 0.3) is 5.91 Å². The van der Waals surface area contributed by atoms with E-state index in [4.69, 9.17) is 5.11 Å². The first kappa shape index (κ1) is 11.7. The van der Waals surface area contributed by atoms with Crippen molar-refractivity contribution < 1.29 is 14.7 Å². The average molecular weight is 268 g/mol. The number of aromatic carboxylic acids is 1. The summed E-state index contributed by atoms with van der Waals surface area (Å²) in [7, 11) is 0. The Morgan fingerprint density at radius 2 is 2.24 bits per heavy atom. The second-order valence-electron chi connectivity index (χ2n) is 3.13. The molecule has 2 N–H and O–H groups in total. The normalized spacial score (nSPS) is 10.1. The first-order chi connectivity index (χ1) is 8.16. The number of amides is 1. The van der Waals surface area contributed by atoms with E-state index in [0.717, 1.165) is 0 Å². The van der Waals surface area contributed by atoms with Crippen LogP contribution in [-0.2, 0) is 6.54 Å². The zero-order valence-electron chi connectivity index (χ0n) is 8.54. The molecule has 1 amide bonds. The maximum absolute atomic E-state index is 11.6. The number of hydrogen-bond acceptors (Lipinski definition) is 5. The molecule has 0 aromatic carbocycles. The average Bonchev–Trinajstić information content (AvgIpc) is 2.97. The molecule has 0 radical (unpaired) electrons. The molecule has 2 aromatic heterocycles. The van der Waals surface area contributed by atoms with Crippen molar-refractivity contribution in [1.29, 1.82) is 0 Å². The Balaban J connectivity index is 1.93. The largest absolute Gasteiger partial charge is 0.476 e. The predicted molar refractivity (Wildman–Crippen MR) is 64.6 cm³/mol. The molecule has 0 atom stereocenters. The van der Waals surface area contributed by atoms with Crippen LogP contribution in [-0.4, -0.2) is 22.0 Å². The van der Waals surface area contributed by atoms with E-state index in [1.807, 2.05) is 5.38 Å². The minimum Gasteiger partial charge on any atom is -0.476 e. The number of aromatic nitrogens is 1. The third kappa shape index (κ3) is 2.89. The minimum absolute atomic E-state index is 0.00906. The molecule has 0 fully saturated rings. The van der Waals surface area contributed by atoms with Crippen molar-refractivity contribution in [2.45, 2.75) is 6.54 Å². The molecule has 2 rings (SSSR count). The van der Waals surface area contributed by atoms with Crippen LogP contribution in [0.25, 0.3) is 0 Å². The summed E-state index contributed by atoms with van der Waals surface area (Å²) in [5, 5.41) is 17.0. The summed E-state index contributed by atoms with van der Waals surface area (Å²) < 4.78 is 0. The topological polar surface area (TPSA) is 79.3 Å².